The fourth-order valence-corrected chi connectivity index (χ4v) is 2.63. The van der Waals surface area contributed by atoms with Crippen molar-refractivity contribution in [1.82, 2.24) is 14.8 Å². The number of carbonyl (C=O) groups is 1. The summed E-state index contributed by atoms with van der Waals surface area (Å²) in [6.45, 7) is 10.7. The summed E-state index contributed by atoms with van der Waals surface area (Å²) in [6.07, 6.45) is 1.20. The van der Waals surface area contributed by atoms with E-state index in [1.807, 2.05) is 6.92 Å². The topological polar surface area (TPSA) is 92.3 Å². The van der Waals surface area contributed by atoms with E-state index in [4.69, 9.17) is 11.7 Å². The average molecular weight is 334 g/mol. The lowest BCUT2D eigenvalue weighted by molar-refractivity contribution is 0.0696. The fraction of sp³-hybridized carbons (Fsp3) is 0.111. The van der Waals surface area contributed by atoms with Gasteiger partial charge in [-0.2, -0.15) is 0 Å². The van der Waals surface area contributed by atoms with Gasteiger partial charge in [-0.25, -0.2) is 19.3 Å². The molecule has 2 aromatic heterocycles. The van der Waals surface area contributed by atoms with Gasteiger partial charge in [0.25, 0.3) is 5.56 Å². The second-order valence-corrected chi connectivity index (χ2v) is 5.58. The molecule has 25 heavy (non-hydrogen) atoms. The van der Waals surface area contributed by atoms with Crippen LogP contribution in [0.5, 0.6) is 0 Å². The molecule has 0 aliphatic heterocycles. The molecule has 7 nitrogen and oxygen atoms in total. The summed E-state index contributed by atoms with van der Waals surface area (Å²) in [5.74, 6) is -0.774. The van der Waals surface area contributed by atoms with Gasteiger partial charge in [-0.1, -0.05) is 18.2 Å². The third-order valence-corrected chi connectivity index (χ3v) is 3.90. The summed E-state index contributed by atoms with van der Waals surface area (Å²) >= 11 is 0. The van der Waals surface area contributed by atoms with Crippen LogP contribution in [0.1, 0.15) is 21.6 Å². The maximum Gasteiger partial charge on any atom is 0.337 e. The molecular formula is C18H14N4O3. The maximum atomic E-state index is 12.8. The van der Waals surface area contributed by atoms with Crippen LogP contribution < -0.4 is 5.56 Å². The first-order valence-electron chi connectivity index (χ1n) is 7.42. The molecule has 124 valence electrons. The number of carboxylic acids is 1. The van der Waals surface area contributed by atoms with Gasteiger partial charge in [0.2, 0.25) is 0 Å². The lowest BCUT2D eigenvalue weighted by Gasteiger charge is -2.02. The molecule has 3 rings (SSSR count). The highest BCUT2D eigenvalue weighted by Gasteiger charge is 2.16. The molecule has 0 saturated heterocycles. The Balaban J connectivity index is 2.10. The van der Waals surface area contributed by atoms with Gasteiger partial charge >= 0.3 is 5.97 Å². The second-order valence-electron chi connectivity index (χ2n) is 5.58. The standard InChI is InChI=1S/C18H14N4O3/c1-10-8-12(4-6-14(10)19-3)16-11(2)21-22(17(16)23)15-7-5-13(9-20-15)18(24)25/h4-9,21H,1-2H3,(H,24,25). The van der Waals surface area contributed by atoms with Crippen LogP contribution in [0, 0.1) is 20.4 Å². The normalized spacial score (nSPS) is 10.4. The molecule has 2 N–H and O–H groups in total. The van der Waals surface area contributed by atoms with Gasteiger partial charge in [-0.05, 0) is 37.1 Å². The van der Waals surface area contributed by atoms with Crippen molar-refractivity contribution in [2.45, 2.75) is 13.8 Å². The molecule has 1 aromatic carbocycles. The van der Waals surface area contributed by atoms with Crippen molar-refractivity contribution in [2.75, 3.05) is 0 Å². The number of nitrogens with one attached hydrogen (secondary N) is 1. The van der Waals surface area contributed by atoms with E-state index in [9.17, 15) is 9.59 Å². The number of aromatic amines is 1. The first-order chi connectivity index (χ1) is 11.9. The lowest BCUT2D eigenvalue weighted by Crippen LogP contribution is -2.17. The molecule has 7 heteroatoms. The van der Waals surface area contributed by atoms with Gasteiger partial charge in [-0.15, -0.1) is 0 Å². The third kappa shape index (κ3) is 2.81. The quantitative estimate of drug-likeness (QED) is 0.720. The van der Waals surface area contributed by atoms with Crippen molar-refractivity contribution < 1.29 is 9.90 Å². The lowest BCUT2D eigenvalue weighted by atomic mass is 10.0. The molecule has 0 spiro atoms. The van der Waals surface area contributed by atoms with Crippen molar-refractivity contribution in [2.24, 2.45) is 0 Å². The number of hydrogen-bond donors (Lipinski definition) is 2. The SMILES string of the molecule is [C-]#[N+]c1ccc(-c2c(C)[nH]n(-c3ccc(C(=O)O)cn3)c2=O)cc1C. The summed E-state index contributed by atoms with van der Waals surface area (Å²) in [6, 6.07) is 8.09. The van der Waals surface area contributed by atoms with E-state index in [2.05, 4.69) is 14.9 Å². The highest BCUT2D eigenvalue weighted by molar-refractivity contribution is 5.87. The Kier molecular flexibility index (Phi) is 3.95. The second kappa shape index (κ2) is 6.09. The number of aromatic nitrogens is 3. The molecule has 0 unspecified atom stereocenters. The monoisotopic (exact) mass is 334 g/mol. The Labute approximate surface area is 143 Å². The number of carboxylic acid groups (broad SMARTS) is 1. The van der Waals surface area contributed by atoms with Crippen LogP contribution in [-0.2, 0) is 0 Å². The Morgan fingerprint density at radius 1 is 1.28 bits per heavy atom. The van der Waals surface area contributed by atoms with Crippen LogP contribution in [0.2, 0.25) is 0 Å². The number of hydrogen-bond acceptors (Lipinski definition) is 3. The average Bonchev–Trinajstić information content (AvgIpc) is 2.89. The number of rotatable bonds is 3. The van der Waals surface area contributed by atoms with Crippen LogP contribution in [0.15, 0.2) is 41.3 Å². The van der Waals surface area contributed by atoms with E-state index in [1.54, 1.807) is 25.1 Å². The Bertz CT molecular complexity index is 1070. The molecule has 0 aliphatic rings. The first-order valence-corrected chi connectivity index (χ1v) is 7.42. The Morgan fingerprint density at radius 2 is 2.04 bits per heavy atom. The molecule has 0 aliphatic carbocycles. The molecular weight excluding hydrogens is 320 g/mol. The fourth-order valence-electron chi connectivity index (χ4n) is 2.63. The van der Waals surface area contributed by atoms with Crippen LogP contribution in [0.25, 0.3) is 21.8 Å². The summed E-state index contributed by atoms with van der Waals surface area (Å²) in [4.78, 5) is 31.2. The van der Waals surface area contributed by atoms with Gasteiger partial charge in [0, 0.05) is 11.9 Å². The number of H-pyrrole nitrogens is 1. The third-order valence-electron chi connectivity index (χ3n) is 3.90. The van der Waals surface area contributed by atoms with E-state index in [1.165, 1.54) is 23.0 Å². The van der Waals surface area contributed by atoms with Gasteiger partial charge in [0.15, 0.2) is 11.5 Å². The molecule has 3 aromatic rings. The van der Waals surface area contributed by atoms with E-state index >= 15 is 0 Å². The zero-order valence-corrected chi connectivity index (χ0v) is 13.6. The molecule has 0 fully saturated rings. The molecule has 0 bridgehead atoms. The molecule has 0 atom stereocenters. The van der Waals surface area contributed by atoms with Gasteiger partial charge < -0.3 is 5.11 Å². The zero-order chi connectivity index (χ0) is 18.1. The van der Waals surface area contributed by atoms with Crippen LogP contribution in [0.3, 0.4) is 0 Å². The first kappa shape index (κ1) is 16.2. The van der Waals surface area contributed by atoms with E-state index in [-0.39, 0.29) is 11.1 Å². The Hall–Kier alpha value is -3.66. The molecule has 2 heterocycles. The Morgan fingerprint density at radius 3 is 2.60 bits per heavy atom. The summed E-state index contributed by atoms with van der Waals surface area (Å²) in [5.41, 5.74) is 2.96. The molecule has 0 amide bonds. The number of aromatic carboxylic acids is 1. The van der Waals surface area contributed by atoms with Crippen LogP contribution >= 0.6 is 0 Å². The number of nitrogens with zero attached hydrogens (tertiary/aromatic N) is 3. The largest absolute Gasteiger partial charge is 0.478 e. The minimum Gasteiger partial charge on any atom is -0.478 e. The smallest absolute Gasteiger partial charge is 0.337 e. The summed E-state index contributed by atoms with van der Waals surface area (Å²) in [7, 11) is 0. The molecule has 0 radical (unpaired) electrons. The van der Waals surface area contributed by atoms with Crippen molar-refractivity contribution in [3.05, 3.63) is 75.1 Å². The predicted octanol–water partition coefficient (Wildman–Crippen LogP) is 3.09. The maximum absolute atomic E-state index is 12.8. The van der Waals surface area contributed by atoms with E-state index in [0.717, 1.165) is 5.56 Å². The van der Waals surface area contributed by atoms with Crippen LogP contribution in [0.4, 0.5) is 5.69 Å². The summed E-state index contributed by atoms with van der Waals surface area (Å²) in [5, 5.41) is 11.9. The molecule has 0 saturated carbocycles. The van der Waals surface area contributed by atoms with Crippen molar-refractivity contribution in [3.8, 4) is 16.9 Å². The highest BCUT2D eigenvalue weighted by atomic mass is 16.4. The van der Waals surface area contributed by atoms with Crippen LogP contribution in [-0.4, -0.2) is 25.8 Å². The summed E-state index contributed by atoms with van der Waals surface area (Å²) < 4.78 is 1.27. The zero-order valence-electron chi connectivity index (χ0n) is 13.6. The number of aryl methyl sites for hydroxylation is 2. The van der Waals surface area contributed by atoms with E-state index in [0.29, 0.717) is 28.3 Å². The van der Waals surface area contributed by atoms with Crippen molar-refractivity contribution in [3.63, 3.8) is 0 Å². The van der Waals surface area contributed by atoms with Crippen molar-refractivity contribution >= 4 is 11.7 Å². The van der Waals surface area contributed by atoms with Gasteiger partial charge in [0.05, 0.1) is 17.7 Å². The van der Waals surface area contributed by atoms with E-state index < -0.39 is 5.97 Å². The number of pyridine rings is 1. The highest BCUT2D eigenvalue weighted by Crippen LogP contribution is 2.26. The van der Waals surface area contributed by atoms with Crippen molar-refractivity contribution in [1.29, 1.82) is 0 Å². The minimum absolute atomic E-state index is 0.0469. The minimum atomic E-state index is -1.08. The van der Waals surface area contributed by atoms with Gasteiger partial charge in [-0.3, -0.25) is 9.89 Å². The number of benzene rings is 1. The van der Waals surface area contributed by atoms with Gasteiger partial charge in [0.1, 0.15) is 0 Å². The predicted molar refractivity (Wildman–Crippen MR) is 92.3 cm³/mol.